The highest BCUT2D eigenvalue weighted by Crippen LogP contribution is 2.29. The number of pyridine rings is 1. The van der Waals surface area contributed by atoms with Crippen LogP contribution in [0.3, 0.4) is 0 Å². The summed E-state index contributed by atoms with van der Waals surface area (Å²) in [5.74, 6) is 0.502. The summed E-state index contributed by atoms with van der Waals surface area (Å²) in [5.41, 5.74) is 7.29. The average molecular weight is 478 g/mol. The van der Waals surface area contributed by atoms with Crippen molar-refractivity contribution in [3.63, 3.8) is 0 Å². The summed E-state index contributed by atoms with van der Waals surface area (Å²) >= 11 is 0. The van der Waals surface area contributed by atoms with Gasteiger partial charge in [0.2, 0.25) is 0 Å². The van der Waals surface area contributed by atoms with Gasteiger partial charge in [0.15, 0.2) is 5.65 Å². The van der Waals surface area contributed by atoms with Gasteiger partial charge in [0.25, 0.3) is 5.91 Å². The van der Waals surface area contributed by atoms with E-state index in [-0.39, 0.29) is 11.7 Å². The van der Waals surface area contributed by atoms with E-state index in [0.29, 0.717) is 28.0 Å². The minimum atomic E-state index is -0.386. The fraction of sp³-hybridized carbons (Fsp3) is 0.0714. The highest BCUT2D eigenvalue weighted by Gasteiger charge is 2.21. The first-order valence-electron chi connectivity index (χ1n) is 11.3. The summed E-state index contributed by atoms with van der Waals surface area (Å²) in [5, 5.41) is 18.9. The van der Waals surface area contributed by atoms with Gasteiger partial charge >= 0.3 is 0 Å². The van der Waals surface area contributed by atoms with Crippen molar-refractivity contribution in [3.05, 3.63) is 102 Å². The number of aromatic nitrogens is 3. The van der Waals surface area contributed by atoms with Gasteiger partial charge in [0, 0.05) is 5.56 Å². The zero-order valence-corrected chi connectivity index (χ0v) is 19.7. The van der Waals surface area contributed by atoms with Gasteiger partial charge in [-0.05, 0) is 79.2 Å². The summed E-state index contributed by atoms with van der Waals surface area (Å²) in [7, 11) is 1.61. The van der Waals surface area contributed by atoms with Crippen LogP contribution < -0.4 is 10.2 Å². The van der Waals surface area contributed by atoms with Gasteiger partial charge in [-0.3, -0.25) is 4.79 Å². The Morgan fingerprint density at radius 3 is 2.44 bits per heavy atom. The number of para-hydroxylation sites is 1. The van der Waals surface area contributed by atoms with Crippen LogP contribution >= 0.6 is 0 Å². The fourth-order valence-electron chi connectivity index (χ4n) is 3.91. The van der Waals surface area contributed by atoms with Crippen molar-refractivity contribution in [2.45, 2.75) is 6.92 Å². The van der Waals surface area contributed by atoms with Gasteiger partial charge < -0.3 is 9.84 Å². The molecule has 0 aliphatic carbocycles. The molecule has 0 saturated heterocycles. The number of hydrogen-bond acceptors (Lipinski definition) is 6. The molecule has 36 heavy (non-hydrogen) atoms. The summed E-state index contributed by atoms with van der Waals surface area (Å²) in [6.45, 7) is 1.85. The summed E-state index contributed by atoms with van der Waals surface area (Å²) in [6, 6.07) is 25.4. The smallest absolute Gasteiger partial charge is 0.272 e. The maximum atomic E-state index is 13.3. The number of carbonyl (C=O) groups excluding carboxylic acids is 1. The number of fused-ring (bicyclic) bond motifs is 1. The number of amides is 1. The summed E-state index contributed by atoms with van der Waals surface area (Å²) < 4.78 is 7.02. The monoisotopic (exact) mass is 477 g/mol. The molecule has 8 heteroatoms. The van der Waals surface area contributed by atoms with Crippen molar-refractivity contribution in [2.75, 3.05) is 7.11 Å². The van der Waals surface area contributed by atoms with Crippen LogP contribution in [0.2, 0.25) is 0 Å². The lowest BCUT2D eigenvalue weighted by Crippen LogP contribution is -2.18. The fourth-order valence-corrected chi connectivity index (χ4v) is 3.91. The molecule has 0 atom stereocenters. The molecule has 1 amide bonds. The minimum absolute atomic E-state index is 0.160. The third kappa shape index (κ3) is 4.52. The van der Waals surface area contributed by atoms with E-state index in [4.69, 9.17) is 14.8 Å². The predicted molar refractivity (Wildman–Crippen MR) is 139 cm³/mol. The number of benzene rings is 3. The van der Waals surface area contributed by atoms with E-state index < -0.39 is 0 Å². The summed E-state index contributed by atoms with van der Waals surface area (Å²) in [4.78, 5) is 18.2. The van der Waals surface area contributed by atoms with E-state index in [1.54, 1.807) is 42.1 Å². The number of aromatic hydroxyl groups is 1. The lowest BCUT2D eigenvalue weighted by Gasteiger charge is -2.09. The molecular formula is C28H23N5O3. The number of aryl methyl sites for hydroxylation is 1. The summed E-state index contributed by atoms with van der Waals surface area (Å²) in [6.07, 6.45) is 1.51. The Balaban J connectivity index is 1.60. The zero-order chi connectivity index (χ0) is 25.1. The molecule has 0 radical (unpaired) electrons. The first kappa shape index (κ1) is 22.8. The first-order chi connectivity index (χ1) is 17.5. The Labute approximate surface area is 207 Å². The number of nitrogens with one attached hydrogen (secondary N) is 1. The third-order valence-corrected chi connectivity index (χ3v) is 5.72. The van der Waals surface area contributed by atoms with Gasteiger partial charge in [-0.15, -0.1) is 0 Å². The normalized spacial score (nSPS) is 11.2. The third-order valence-electron chi connectivity index (χ3n) is 5.72. The molecule has 178 valence electrons. The number of nitrogens with zero attached hydrogens (tertiary/aromatic N) is 4. The van der Waals surface area contributed by atoms with E-state index in [1.807, 2.05) is 61.5 Å². The minimum Gasteiger partial charge on any atom is -0.508 e. The number of methoxy groups -OCH3 is 1. The Morgan fingerprint density at radius 1 is 1.03 bits per heavy atom. The number of carbonyl (C=O) groups is 1. The van der Waals surface area contributed by atoms with Gasteiger partial charge in [-0.2, -0.15) is 10.2 Å². The second kappa shape index (κ2) is 9.71. The lowest BCUT2D eigenvalue weighted by atomic mass is 10.0. The van der Waals surface area contributed by atoms with E-state index in [1.165, 1.54) is 6.21 Å². The second-order valence-corrected chi connectivity index (χ2v) is 8.11. The molecule has 0 aliphatic rings. The van der Waals surface area contributed by atoms with Crippen molar-refractivity contribution in [3.8, 4) is 28.4 Å². The molecule has 0 aliphatic heterocycles. The molecule has 0 bridgehead atoms. The van der Waals surface area contributed by atoms with E-state index in [9.17, 15) is 9.90 Å². The molecule has 3 aromatic carbocycles. The molecule has 8 nitrogen and oxygen atoms in total. The quantitative estimate of drug-likeness (QED) is 0.268. The van der Waals surface area contributed by atoms with Crippen molar-refractivity contribution >= 4 is 23.2 Å². The first-order valence-corrected chi connectivity index (χ1v) is 11.3. The highest BCUT2D eigenvalue weighted by atomic mass is 16.5. The van der Waals surface area contributed by atoms with Crippen LogP contribution in [-0.2, 0) is 0 Å². The Hall–Kier alpha value is -4.98. The lowest BCUT2D eigenvalue weighted by molar-refractivity contribution is 0.0956. The van der Waals surface area contributed by atoms with E-state index >= 15 is 0 Å². The number of hydrogen-bond donors (Lipinski definition) is 2. The number of phenolic OH excluding ortho intramolecular Hbond substituents is 1. The van der Waals surface area contributed by atoms with Crippen LogP contribution in [0.1, 0.15) is 21.6 Å². The molecular weight excluding hydrogens is 454 g/mol. The molecule has 2 heterocycles. The molecule has 5 rings (SSSR count). The van der Waals surface area contributed by atoms with Crippen LogP contribution in [0, 0.1) is 6.92 Å². The van der Waals surface area contributed by atoms with Crippen molar-refractivity contribution in [2.24, 2.45) is 5.10 Å². The number of hydrazone groups is 1. The van der Waals surface area contributed by atoms with Gasteiger partial charge in [-0.1, -0.05) is 18.2 Å². The second-order valence-electron chi connectivity index (χ2n) is 8.11. The average Bonchev–Trinajstić information content (AvgIpc) is 3.26. The molecule has 0 unspecified atom stereocenters. The maximum Gasteiger partial charge on any atom is 0.272 e. The van der Waals surface area contributed by atoms with Crippen LogP contribution in [0.25, 0.3) is 28.0 Å². The van der Waals surface area contributed by atoms with Gasteiger partial charge in [0.05, 0.1) is 41.3 Å². The number of ether oxygens (including phenoxy) is 1. The number of phenols is 1. The molecule has 5 aromatic rings. The SMILES string of the molecule is COc1ccc(-c2cc(C(=O)N/N=C\c3ccc(O)cc3)c3c(C)nn(-c4ccccc4)c3n2)cc1. The van der Waals surface area contributed by atoms with E-state index in [2.05, 4.69) is 10.5 Å². The van der Waals surface area contributed by atoms with E-state index in [0.717, 1.165) is 22.6 Å². The van der Waals surface area contributed by atoms with Crippen LogP contribution in [0.4, 0.5) is 0 Å². The molecule has 2 aromatic heterocycles. The Bertz CT molecular complexity index is 1560. The Morgan fingerprint density at radius 2 is 1.75 bits per heavy atom. The topological polar surface area (TPSA) is 102 Å². The van der Waals surface area contributed by atoms with Crippen LogP contribution in [-0.4, -0.2) is 39.1 Å². The van der Waals surface area contributed by atoms with Crippen molar-refractivity contribution in [1.82, 2.24) is 20.2 Å². The van der Waals surface area contributed by atoms with Crippen molar-refractivity contribution in [1.29, 1.82) is 0 Å². The standard InChI is InChI=1S/C28H23N5O3/c1-18-26-24(28(35)31-29-17-19-8-12-22(34)13-9-19)16-25(20-10-14-23(36-2)15-11-20)30-27(26)33(32-18)21-6-4-3-5-7-21/h3-17,34H,1-2H3,(H,31,35)/b29-17-. The zero-order valence-electron chi connectivity index (χ0n) is 19.7. The maximum absolute atomic E-state index is 13.3. The molecule has 0 fully saturated rings. The highest BCUT2D eigenvalue weighted by molar-refractivity contribution is 6.08. The Kier molecular flexibility index (Phi) is 6.15. The van der Waals surface area contributed by atoms with Crippen LogP contribution in [0.5, 0.6) is 11.5 Å². The molecule has 0 spiro atoms. The van der Waals surface area contributed by atoms with Gasteiger partial charge in [0.1, 0.15) is 11.5 Å². The van der Waals surface area contributed by atoms with Crippen molar-refractivity contribution < 1.29 is 14.6 Å². The van der Waals surface area contributed by atoms with Gasteiger partial charge in [-0.25, -0.2) is 15.1 Å². The van der Waals surface area contributed by atoms with Crippen LogP contribution in [0.15, 0.2) is 90.0 Å². The molecule has 0 saturated carbocycles. The predicted octanol–water partition coefficient (Wildman–Crippen LogP) is 4.87. The molecule has 2 N–H and O–H groups in total. The largest absolute Gasteiger partial charge is 0.508 e. The number of rotatable bonds is 6.